The fraction of sp³-hybridized carbons (Fsp3) is 0.0952. The lowest BCUT2D eigenvalue weighted by molar-refractivity contribution is 0.0600. The van der Waals surface area contributed by atoms with Crippen molar-refractivity contribution in [3.05, 3.63) is 82.6 Å². The topological polar surface area (TPSA) is 80.3 Å². The van der Waals surface area contributed by atoms with E-state index in [-0.39, 0.29) is 5.91 Å². The number of nitrogens with zero attached hydrogens (tertiary/aromatic N) is 1. The van der Waals surface area contributed by atoms with Crippen LogP contribution in [0.1, 0.15) is 26.3 Å². The third kappa shape index (κ3) is 4.47. The molecule has 0 aliphatic carbocycles. The summed E-state index contributed by atoms with van der Waals surface area (Å²) in [4.78, 5) is 28.4. The van der Waals surface area contributed by atoms with Gasteiger partial charge in [-0.25, -0.2) is 4.79 Å². The number of ether oxygens (including phenoxy) is 1. The predicted molar refractivity (Wildman–Crippen MR) is 109 cm³/mol. The summed E-state index contributed by atoms with van der Waals surface area (Å²) < 4.78 is 4.73. The average molecular weight is 396 g/mol. The van der Waals surface area contributed by atoms with Crippen LogP contribution in [0.2, 0.25) is 5.02 Å². The Labute approximate surface area is 167 Å². The number of halogens is 1. The zero-order chi connectivity index (χ0) is 20.1. The number of hydrogen-bond donors (Lipinski definition) is 2. The quantitative estimate of drug-likeness (QED) is 0.605. The van der Waals surface area contributed by atoms with Crippen LogP contribution in [0.3, 0.4) is 0 Å². The van der Waals surface area contributed by atoms with Crippen LogP contribution in [-0.2, 0) is 4.74 Å². The Morgan fingerprint density at radius 2 is 1.75 bits per heavy atom. The Hall–Kier alpha value is -3.38. The van der Waals surface area contributed by atoms with E-state index in [2.05, 4.69) is 15.6 Å². The van der Waals surface area contributed by atoms with Crippen LogP contribution in [0.15, 0.2) is 60.9 Å². The molecular formula is C21H18ClN3O3. The third-order valence-corrected chi connectivity index (χ3v) is 4.50. The van der Waals surface area contributed by atoms with Crippen molar-refractivity contribution in [1.82, 2.24) is 4.98 Å². The molecule has 3 rings (SSSR count). The number of carbonyl (C=O) groups is 2. The van der Waals surface area contributed by atoms with Gasteiger partial charge in [-0.1, -0.05) is 23.7 Å². The molecule has 6 nitrogen and oxygen atoms in total. The molecule has 3 aromatic rings. The first kappa shape index (κ1) is 19.4. The maximum absolute atomic E-state index is 12.6. The fourth-order valence-corrected chi connectivity index (χ4v) is 2.75. The van der Waals surface area contributed by atoms with Gasteiger partial charge in [0.25, 0.3) is 5.91 Å². The van der Waals surface area contributed by atoms with E-state index in [0.717, 1.165) is 5.56 Å². The van der Waals surface area contributed by atoms with Crippen molar-refractivity contribution in [3.63, 3.8) is 0 Å². The average Bonchev–Trinajstić information content (AvgIpc) is 2.71. The van der Waals surface area contributed by atoms with Gasteiger partial charge >= 0.3 is 5.97 Å². The molecule has 1 heterocycles. The van der Waals surface area contributed by atoms with Crippen molar-refractivity contribution in [3.8, 4) is 0 Å². The molecule has 0 saturated carbocycles. The third-order valence-electron chi connectivity index (χ3n) is 4.09. The SMILES string of the molecule is COC(=O)c1cccc(Nc2cncc(C(=O)Nc3cccc(Cl)c3C)c2)c1. The predicted octanol–water partition coefficient (Wildman–Crippen LogP) is 4.83. The monoisotopic (exact) mass is 395 g/mol. The van der Waals surface area contributed by atoms with Crippen molar-refractivity contribution >= 4 is 40.5 Å². The minimum atomic E-state index is -0.424. The number of nitrogens with one attached hydrogen (secondary N) is 2. The Kier molecular flexibility index (Phi) is 5.91. The van der Waals surface area contributed by atoms with Gasteiger partial charge in [0.1, 0.15) is 0 Å². The number of pyridine rings is 1. The molecule has 2 N–H and O–H groups in total. The highest BCUT2D eigenvalue weighted by Gasteiger charge is 2.11. The van der Waals surface area contributed by atoms with Gasteiger partial charge in [0.15, 0.2) is 0 Å². The molecule has 0 spiro atoms. The lowest BCUT2D eigenvalue weighted by Crippen LogP contribution is -2.13. The van der Waals surface area contributed by atoms with Crippen LogP contribution < -0.4 is 10.6 Å². The normalized spacial score (nSPS) is 10.2. The van der Waals surface area contributed by atoms with Gasteiger partial charge in [0.05, 0.1) is 30.1 Å². The van der Waals surface area contributed by atoms with Gasteiger partial charge in [-0.2, -0.15) is 0 Å². The second-order valence-electron chi connectivity index (χ2n) is 6.03. The second-order valence-corrected chi connectivity index (χ2v) is 6.43. The van der Waals surface area contributed by atoms with Crippen LogP contribution in [0, 0.1) is 6.92 Å². The summed E-state index contributed by atoms with van der Waals surface area (Å²) in [5.74, 6) is -0.725. The number of methoxy groups -OCH3 is 1. The molecule has 28 heavy (non-hydrogen) atoms. The van der Waals surface area contributed by atoms with E-state index in [1.807, 2.05) is 6.92 Å². The van der Waals surface area contributed by atoms with E-state index in [4.69, 9.17) is 16.3 Å². The molecule has 1 amide bonds. The lowest BCUT2D eigenvalue weighted by Gasteiger charge is -2.11. The van der Waals surface area contributed by atoms with Crippen molar-refractivity contribution in [2.24, 2.45) is 0 Å². The van der Waals surface area contributed by atoms with E-state index in [9.17, 15) is 9.59 Å². The summed E-state index contributed by atoms with van der Waals surface area (Å²) in [6, 6.07) is 13.9. The molecule has 0 bridgehead atoms. The molecule has 2 aromatic carbocycles. The highest BCUT2D eigenvalue weighted by Crippen LogP contribution is 2.24. The number of aromatic nitrogens is 1. The highest BCUT2D eigenvalue weighted by atomic mass is 35.5. The van der Waals surface area contributed by atoms with Gasteiger partial charge in [-0.3, -0.25) is 9.78 Å². The lowest BCUT2D eigenvalue weighted by atomic mass is 10.1. The molecule has 7 heteroatoms. The molecule has 0 unspecified atom stereocenters. The van der Waals surface area contributed by atoms with E-state index in [0.29, 0.717) is 33.2 Å². The molecule has 0 fully saturated rings. The molecule has 0 aliphatic rings. The Balaban J connectivity index is 1.78. The first-order valence-electron chi connectivity index (χ1n) is 8.45. The molecular weight excluding hydrogens is 378 g/mol. The minimum absolute atomic E-state index is 0.301. The molecule has 1 aromatic heterocycles. The molecule has 0 radical (unpaired) electrons. The zero-order valence-electron chi connectivity index (χ0n) is 15.3. The van der Waals surface area contributed by atoms with Gasteiger partial charge < -0.3 is 15.4 Å². The van der Waals surface area contributed by atoms with E-state index in [1.54, 1.807) is 54.7 Å². The number of carbonyl (C=O) groups excluding carboxylic acids is 2. The molecule has 142 valence electrons. The summed E-state index contributed by atoms with van der Waals surface area (Å²) >= 11 is 6.10. The summed E-state index contributed by atoms with van der Waals surface area (Å²) in [7, 11) is 1.33. The minimum Gasteiger partial charge on any atom is -0.465 e. The van der Waals surface area contributed by atoms with Gasteiger partial charge in [0.2, 0.25) is 0 Å². The van der Waals surface area contributed by atoms with Gasteiger partial charge in [-0.15, -0.1) is 0 Å². The van der Waals surface area contributed by atoms with Crippen molar-refractivity contribution in [2.75, 3.05) is 17.7 Å². The van der Waals surface area contributed by atoms with Crippen LogP contribution in [0.25, 0.3) is 0 Å². The van der Waals surface area contributed by atoms with E-state index < -0.39 is 5.97 Å². The van der Waals surface area contributed by atoms with Crippen LogP contribution in [-0.4, -0.2) is 24.0 Å². The van der Waals surface area contributed by atoms with Crippen LogP contribution in [0.4, 0.5) is 17.1 Å². The number of benzene rings is 2. The first-order valence-corrected chi connectivity index (χ1v) is 8.82. The number of esters is 1. The maximum atomic E-state index is 12.6. The number of hydrogen-bond acceptors (Lipinski definition) is 5. The first-order chi connectivity index (χ1) is 13.5. The molecule has 0 atom stereocenters. The van der Waals surface area contributed by atoms with Crippen molar-refractivity contribution in [1.29, 1.82) is 0 Å². The largest absolute Gasteiger partial charge is 0.465 e. The van der Waals surface area contributed by atoms with Crippen molar-refractivity contribution in [2.45, 2.75) is 6.92 Å². The van der Waals surface area contributed by atoms with Crippen LogP contribution >= 0.6 is 11.6 Å². The summed E-state index contributed by atoms with van der Waals surface area (Å²) in [6.07, 6.45) is 3.07. The smallest absolute Gasteiger partial charge is 0.337 e. The maximum Gasteiger partial charge on any atom is 0.337 e. The van der Waals surface area contributed by atoms with E-state index in [1.165, 1.54) is 13.3 Å². The number of anilines is 3. The Bertz CT molecular complexity index is 1040. The fourth-order valence-electron chi connectivity index (χ4n) is 2.58. The standard InChI is InChI=1S/C21H18ClN3O3/c1-13-18(22)7-4-8-19(13)25-20(26)15-10-17(12-23-11-15)24-16-6-3-5-14(9-16)21(27)28-2/h3-12,24H,1-2H3,(H,25,26). The van der Waals surface area contributed by atoms with Gasteiger partial charge in [0, 0.05) is 22.6 Å². The summed E-state index contributed by atoms with van der Waals surface area (Å²) in [6.45, 7) is 1.84. The molecule has 0 saturated heterocycles. The highest BCUT2D eigenvalue weighted by molar-refractivity contribution is 6.31. The van der Waals surface area contributed by atoms with Crippen molar-refractivity contribution < 1.29 is 14.3 Å². The Morgan fingerprint density at radius 3 is 2.54 bits per heavy atom. The number of rotatable bonds is 5. The van der Waals surface area contributed by atoms with Gasteiger partial charge in [-0.05, 0) is 48.9 Å². The Morgan fingerprint density at radius 1 is 1.00 bits per heavy atom. The number of amides is 1. The zero-order valence-corrected chi connectivity index (χ0v) is 16.1. The summed E-state index contributed by atoms with van der Waals surface area (Å²) in [5, 5.41) is 6.55. The summed E-state index contributed by atoms with van der Waals surface area (Å²) in [5.41, 5.74) is 3.52. The molecule has 0 aliphatic heterocycles. The van der Waals surface area contributed by atoms with Crippen LogP contribution in [0.5, 0.6) is 0 Å². The second kappa shape index (κ2) is 8.54. The van der Waals surface area contributed by atoms with E-state index >= 15 is 0 Å².